The second-order valence-electron chi connectivity index (χ2n) is 6.92. The Bertz CT molecular complexity index is 1190. The van der Waals surface area contributed by atoms with Gasteiger partial charge in [0, 0.05) is 44.2 Å². The molecule has 5 heterocycles. The molecule has 0 aliphatic carbocycles. The predicted octanol–water partition coefficient (Wildman–Crippen LogP) is 0.911. The number of fused-ring (bicyclic) bond motifs is 2. The summed E-state index contributed by atoms with van der Waals surface area (Å²) in [6.07, 6.45) is 6.21. The van der Waals surface area contributed by atoms with Crippen molar-refractivity contribution in [3.63, 3.8) is 0 Å². The van der Waals surface area contributed by atoms with E-state index in [4.69, 9.17) is 5.73 Å². The smallest absolute Gasteiger partial charge is 0.243 e. The summed E-state index contributed by atoms with van der Waals surface area (Å²) in [6.45, 7) is 1.27. The van der Waals surface area contributed by atoms with Crippen molar-refractivity contribution in [1.29, 1.82) is 0 Å². The first-order chi connectivity index (χ1) is 13.6. The quantitative estimate of drug-likeness (QED) is 0.542. The average Bonchev–Trinajstić information content (AvgIpc) is 3.40. The number of nitrogens with one attached hydrogen (secondary N) is 1. The lowest BCUT2D eigenvalue weighted by Gasteiger charge is -2.12. The highest BCUT2D eigenvalue weighted by atomic mass is 16.2. The van der Waals surface area contributed by atoms with E-state index in [1.807, 2.05) is 37.6 Å². The van der Waals surface area contributed by atoms with Crippen LogP contribution in [0.4, 0.5) is 11.8 Å². The van der Waals surface area contributed by atoms with Gasteiger partial charge in [-0.15, -0.1) is 5.10 Å². The molecule has 10 nitrogen and oxygen atoms in total. The zero-order valence-corrected chi connectivity index (χ0v) is 15.3. The molecular weight excluding hydrogens is 358 g/mol. The molecule has 0 radical (unpaired) electrons. The van der Waals surface area contributed by atoms with Gasteiger partial charge in [-0.05, 0) is 18.6 Å². The molecular formula is C18H19N9O. The van der Waals surface area contributed by atoms with Gasteiger partial charge in [0.05, 0.1) is 17.8 Å². The maximum Gasteiger partial charge on any atom is 0.243 e. The van der Waals surface area contributed by atoms with Crippen LogP contribution in [0, 0.1) is 5.92 Å². The van der Waals surface area contributed by atoms with E-state index in [-0.39, 0.29) is 11.8 Å². The summed E-state index contributed by atoms with van der Waals surface area (Å²) in [5.41, 5.74) is 9.29. The van der Waals surface area contributed by atoms with E-state index in [0.717, 1.165) is 29.9 Å². The summed E-state index contributed by atoms with van der Waals surface area (Å²) in [5, 5.41) is 11.8. The Labute approximate surface area is 160 Å². The van der Waals surface area contributed by atoms with Crippen molar-refractivity contribution in [1.82, 2.24) is 34.1 Å². The van der Waals surface area contributed by atoms with Crippen LogP contribution in [0.5, 0.6) is 0 Å². The number of nitrogens with zero attached hydrogens (tertiary/aromatic N) is 7. The van der Waals surface area contributed by atoms with E-state index in [2.05, 4.69) is 25.5 Å². The number of nitrogen functional groups attached to an aromatic ring is 1. The van der Waals surface area contributed by atoms with Gasteiger partial charge in [0.2, 0.25) is 11.9 Å². The molecule has 1 aliphatic heterocycles. The summed E-state index contributed by atoms with van der Waals surface area (Å²) in [6, 6.07) is 5.63. The van der Waals surface area contributed by atoms with E-state index in [0.29, 0.717) is 23.8 Å². The summed E-state index contributed by atoms with van der Waals surface area (Å²) < 4.78 is 3.39. The lowest BCUT2D eigenvalue weighted by atomic mass is 10.1. The molecule has 0 bridgehead atoms. The average molecular weight is 377 g/mol. The molecule has 10 heteroatoms. The highest BCUT2D eigenvalue weighted by molar-refractivity contribution is 5.87. The third kappa shape index (κ3) is 2.61. The number of anilines is 2. The van der Waals surface area contributed by atoms with Gasteiger partial charge in [-0.3, -0.25) is 4.79 Å². The van der Waals surface area contributed by atoms with Gasteiger partial charge in [-0.1, -0.05) is 0 Å². The maximum atomic E-state index is 12.0. The van der Waals surface area contributed by atoms with Crippen molar-refractivity contribution >= 4 is 28.8 Å². The number of aromatic nitrogens is 6. The van der Waals surface area contributed by atoms with Crippen molar-refractivity contribution < 1.29 is 4.79 Å². The molecule has 0 aromatic carbocycles. The van der Waals surface area contributed by atoms with Gasteiger partial charge in [0.15, 0.2) is 11.5 Å². The SMILES string of the molecule is CN1CC[C@H](CNc2nc(N)c3c(-c4ccn5nccc5n4)ccn3n2)C1=O. The first kappa shape index (κ1) is 16.5. The molecule has 0 unspecified atom stereocenters. The molecule has 4 aromatic heterocycles. The van der Waals surface area contributed by atoms with Crippen molar-refractivity contribution in [3.8, 4) is 11.3 Å². The summed E-state index contributed by atoms with van der Waals surface area (Å²) >= 11 is 0. The second-order valence-corrected chi connectivity index (χ2v) is 6.92. The molecule has 0 saturated carbocycles. The molecule has 28 heavy (non-hydrogen) atoms. The number of hydrogen-bond acceptors (Lipinski definition) is 7. The minimum Gasteiger partial charge on any atom is -0.382 e. The normalized spacial score (nSPS) is 17.1. The van der Waals surface area contributed by atoms with Crippen molar-refractivity contribution in [2.75, 3.05) is 31.2 Å². The third-order valence-electron chi connectivity index (χ3n) is 5.12. The van der Waals surface area contributed by atoms with Crippen LogP contribution in [-0.2, 0) is 4.79 Å². The van der Waals surface area contributed by atoms with Gasteiger partial charge >= 0.3 is 0 Å². The molecule has 1 aliphatic rings. The van der Waals surface area contributed by atoms with Gasteiger partial charge in [0.25, 0.3) is 0 Å². The van der Waals surface area contributed by atoms with Crippen LogP contribution in [0.1, 0.15) is 6.42 Å². The summed E-state index contributed by atoms with van der Waals surface area (Å²) in [5.74, 6) is 0.833. The fourth-order valence-electron chi connectivity index (χ4n) is 3.59. The van der Waals surface area contributed by atoms with Crippen LogP contribution < -0.4 is 11.1 Å². The number of hydrogen-bond donors (Lipinski definition) is 2. The molecule has 1 atom stereocenters. The molecule has 142 valence electrons. The van der Waals surface area contributed by atoms with Crippen LogP contribution in [0.15, 0.2) is 36.8 Å². The van der Waals surface area contributed by atoms with Crippen molar-refractivity contribution in [2.24, 2.45) is 5.92 Å². The van der Waals surface area contributed by atoms with Gasteiger partial charge in [-0.25, -0.2) is 14.0 Å². The number of nitrogens with two attached hydrogens (primary N) is 1. The van der Waals surface area contributed by atoms with Crippen LogP contribution in [0.25, 0.3) is 22.4 Å². The number of rotatable bonds is 4. The molecule has 1 saturated heterocycles. The number of carbonyl (C=O) groups excluding carboxylic acids is 1. The zero-order chi connectivity index (χ0) is 19.3. The number of likely N-dealkylation sites (tertiary alicyclic amines) is 1. The lowest BCUT2D eigenvalue weighted by Crippen LogP contribution is -2.27. The van der Waals surface area contributed by atoms with E-state index in [9.17, 15) is 4.79 Å². The highest BCUT2D eigenvalue weighted by Crippen LogP contribution is 2.28. The Morgan fingerprint density at radius 2 is 2.07 bits per heavy atom. The fraction of sp³-hybridized carbons (Fsp3) is 0.278. The molecule has 4 aromatic rings. The Kier molecular flexibility index (Phi) is 3.64. The Morgan fingerprint density at radius 3 is 2.89 bits per heavy atom. The molecule has 0 spiro atoms. The number of amides is 1. The third-order valence-corrected chi connectivity index (χ3v) is 5.12. The van der Waals surface area contributed by atoms with Crippen LogP contribution in [0.3, 0.4) is 0 Å². The Morgan fingerprint density at radius 1 is 1.21 bits per heavy atom. The van der Waals surface area contributed by atoms with Crippen LogP contribution in [0.2, 0.25) is 0 Å². The standard InChI is InChI=1S/C18H19N9O/c1-25-7-3-11(17(25)28)10-20-18-23-16(19)15-12(4-8-27(15)24-18)13-5-9-26-14(22-13)2-6-21-26/h2,4-6,8-9,11H,3,7,10H2,1H3,(H3,19,20,23,24)/t11-/m1/s1. The maximum absolute atomic E-state index is 12.0. The van der Waals surface area contributed by atoms with E-state index in [1.54, 1.807) is 20.1 Å². The molecule has 3 N–H and O–H groups in total. The van der Waals surface area contributed by atoms with Crippen LogP contribution >= 0.6 is 0 Å². The first-order valence-electron chi connectivity index (χ1n) is 9.04. The lowest BCUT2D eigenvalue weighted by molar-refractivity contribution is -0.129. The Balaban J connectivity index is 1.45. The van der Waals surface area contributed by atoms with E-state index >= 15 is 0 Å². The predicted molar refractivity (Wildman–Crippen MR) is 104 cm³/mol. The van der Waals surface area contributed by atoms with Gasteiger partial charge < -0.3 is 16.0 Å². The first-order valence-corrected chi connectivity index (χ1v) is 9.04. The highest BCUT2D eigenvalue weighted by Gasteiger charge is 2.28. The minimum absolute atomic E-state index is 0.0580. The van der Waals surface area contributed by atoms with Gasteiger partial charge in [-0.2, -0.15) is 10.1 Å². The van der Waals surface area contributed by atoms with Crippen molar-refractivity contribution in [3.05, 3.63) is 36.8 Å². The Hall–Kier alpha value is -3.69. The van der Waals surface area contributed by atoms with Gasteiger partial charge in [0.1, 0.15) is 5.52 Å². The van der Waals surface area contributed by atoms with Crippen molar-refractivity contribution in [2.45, 2.75) is 6.42 Å². The minimum atomic E-state index is -0.0580. The fourth-order valence-corrected chi connectivity index (χ4v) is 3.59. The largest absolute Gasteiger partial charge is 0.382 e. The summed E-state index contributed by atoms with van der Waals surface area (Å²) in [7, 11) is 1.82. The molecule has 1 amide bonds. The number of carbonyl (C=O) groups is 1. The second kappa shape index (κ2) is 6.19. The summed E-state index contributed by atoms with van der Waals surface area (Å²) in [4.78, 5) is 22.8. The van der Waals surface area contributed by atoms with E-state index in [1.165, 1.54) is 0 Å². The monoisotopic (exact) mass is 377 g/mol. The van der Waals surface area contributed by atoms with Crippen LogP contribution in [-0.4, -0.2) is 60.1 Å². The molecule has 5 rings (SSSR count). The molecule has 1 fully saturated rings. The van der Waals surface area contributed by atoms with E-state index < -0.39 is 0 Å². The zero-order valence-electron chi connectivity index (χ0n) is 15.3. The topological polar surface area (TPSA) is 119 Å².